The average Bonchev–Trinajstić information content (AvgIpc) is 2.88. The van der Waals surface area contributed by atoms with Crippen LogP contribution in [0.25, 0.3) is 0 Å². The van der Waals surface area contributed by atoms with Gasteiger partial charge in [-0.2, -0.15) is 0 Å². The number of carbonyl (C=O) groups excluding carboxylic acids is 1. The van der Waals surface area contributed by atoms with Crippen molar-refractivity contribution in [1.29, 1.82) is 0 Å². The van der Waals surface area contributed by atoms with Crippen LogP contribution in [0.3, 0.4) is 0 Å². The van der Waals surface area contributed by atoms with E-state index in [1.807, 2.05) is 6.08 Å². The molecule has 1 heterocycles. The zero-order valence-electron chi connectivity index (χ0n) is 15.8. The molecule has 0 spiro atoms. The van der Waals surface area contributed by atoms with Crippen molar-refractivity contribution in [2.75, 3.05) is 5.75 Å². The molecule has 1 aromatic rings. The van der Waals surface area contributed by atoms with Crippen molar-refractivity contribution < 1.29 is 4.79 Å². The first-order valence-corrected chi connectivity index (χ1v) is 11.2. The summed E-state index contributed by atoms with van der Waals surface area (Å²) in [5.74, 6) is 2.12. The van der Waals surface area contributed by atoms with Crippen LogP contribution in [0, 0.1) is 0 Å². The number of hydrogen-bond acceptors (Lipinski definition) is 4. The van der Waals surface area contributed by atoms with Crippen LogP contribution in [0.4, 0.5) is 0 Å². The fourth-order valence-electron chi connectivity index (χ4n) is 4.19. The fourth-order valence-corrected chi connectivity index (χ4v) is 4.96. The van der Waals surface area contributed by atoms with E-state index in [9.17, 15) is 4.79 Å². The predicted molar refractivity (Wildman–Crippen MR) is 106 cm³/mol. The molecule has 0 aromatic carbocycles. The van der Waals surface area contributed by atoms with E-state index >= 15 is 0 Å². The van der Waals surface area contributed by atoms with Gasteiger partial charge in [0.25, 0.3) is 0 Å². The van der Waals surface area contributed by atoms with Crippen molar-refractivity contribution in [3.8, 4) is 0 Å². The molecule has 2 aliphatic carbocycles. The molecule has 144 valence electrons. The SMILES string of the molecule is C=CCn1c(SCC(=O)NC2CCCCCC2)nnc1C1CCCCC1. The van der Waals surface area contributed by atoms with Crippen molar-refractivity contribution in [3.63, 3.8) is 0 Å². The van der Waals surface area contributed by atoms with Gasteiger partial charge in [0, 0.05) is 18.5 Å². The van der Waals surface area contributed by atoms with E-state index in [-0.39, 0.29) is 5.91 Å². The zero-order chi connectivity index (χ0) is 18.2. The van der Waals surface area contributed by atoms with Crippen molar-refractivity contribution in [2.45, 2.75) is 94.3 Å². The van der Waals surface area contributed by atoms with Gasteiger partial charge in [0.15, 0.2) is 5.16 Å². The maximum Gasteiger partial charge on any atom is 0.230 e. The van der Waals surface area contributed by atoms with E-state index in [0.717, 1.165) is 23.8 Å². The van der Waals surface area contributed by atoms with Crippen molar-refractivity contribution in [3.05, 3.63) is 18.5 Å². The third-order valence-corrected chi connectivity index (χ3v) is 6.55. The lowest BCUT2D eigenvalue weighted by Crippen LogP contribution is -2.35. The number of nitrogens with zero attached hydrogens (tertiary/aromatic N) is 3. The Morgan fingerprint density at radius 2 is 1.73 bits per heavy atom. The first-order chi connectivity index (χ1) is 12.8. The molecule has 2 aliphatic rings. The topological polar surface area (TPSA) is 59.8 Å². The van der Waals surface area contributed by atoms with Gasteiger partial charge in [-0.3, -0.25) is 4.79 Å². The Bertz CT molecular complexity index is 587. The Kier molecular flexibility index (Phi) is 7.59. The van der Waals surface area contributed by atoms with Crippen LogP contribution in [0.1, 0.15) is 82.4 Å². The molecule has 1 aromatic heterocycles. The minimum Gasteiger partial charge on any atom is -0.353 e. The van der Waals surface area contributed by atoms with Crippen molar-refractivity contribution >= 4 is 17.7 Å². The lowest BCUT2D eigenvalue weighted by atomic mass is 9.89. The van der Waals surface area contributed by atoms with E-state index in [2.05, 4.69) is 26.7 Å². The van der Waals surface area contributed by atoms with Crippen LogP contribution < -0.4 is 5.32 Å². The number of amides is 1. The summed E-state index contributed by atoms with van der Waals surface area (Å²) in [5.41, 5.74) is 0. The molecule has 0 aliphatic heterocycles. The second kappa shape index (κ2) is 10.1. The van der Waals surface area contributed by atoms with Gasteiger partial charge in [-0.25, -0.2) is 0 Å². The fraction of sp³-hybridized carbons (Fsp3) is 0.750. The van der Waals surface area contributed by atoms with E-state index in [1.54, 1.807) is 0 Å². The van der Waals surface area contributed by atoms with Gasteiger partial charge in [-0.05, 0) is 25.7 Å². The lowest BCUT2D eigenvalue weighted by molar-refractivity contribution is -0.119. The van der Waals surface area contributed by atoms with Gasteiger partial charge in [0.1, 0.15) is 5.82 Å². The van der Waals surface area contributed by atoms with E-state index in [1.165, 1.54) is 69.5 Å². The summed E-state index contributed by atoms with van der Waals surface area (Å²) in [4.78, 5) is 12.4. The first kappa shape index (κ1) is 19.5. The average molecular weight is 377 g/mol. The maximum absolute atomic E-state index is 12.4. The number of carbonyl (C=O) groups is 1. The van der Waals surface area contributed by atoms with Crippen LogP contribution in [0.5, 0.6) is 0 Å². The van der Waals surface area contributed by atoms with Crippen LogP contribution >= 0.6 is 11.8 Å². The lowest BCUT2D eigenvalue weighted by Gasteiger charge is -2.21. The van der Waals surface area contributed by atoms with Crippen LogP contribution in [0.15, 0.2) is 17.8 Å². The second-order valence-corrected chi connectivity index (χ2v) is 8.56. The number of aromatic nitrogens is 3. The summed E-state index contributed by atoms with van der Waals surface area (Å²) in [6.07, 6.45) is 15.5. The first-order valence-electron chi connectivity index (χ1n) is 10.2. The minimum absolute atomic E-state index is 0.120. The number of rotatable bonds is 7. The van der Waals surface area contributed by atoms with E-state index < -0.39 is 0 Å². The molecule has 0 unspecified atom stereocenters. The smallest absolute Gasteiger partial charge is 0.230 e. The van der Waals surface area contributed by atoms with Gasteiger partial charge in [-0.1, -0.05) is 62.8 Å². The molecule has 2 fully saturated rings. The van der Waals surface area contributed by atoms with Crippen molar-refractivity contribution in [1.82, 2.24) is 20.1 Å². The Balaban J connectivity index is 1.57. The minimum atomic E-state index is 0.120. The molecule has 5 nitrogen and oxygen atoms in total. The number of thioether (sulfide) groups is 1. The highest BCUT2D eigenvalue weighted by Gasteiger charge is 2.23. The van der Waals surface area contributed by atoms with Gasteiger partial charge in [-0.15, -0.1) is 16.8 Å². The summed E-state index contributed by atoms with van der Waals surface area (Å²) < 4.78 is 2.16. The van der Waals surface area contributed by atoms with Crippen LogP contribution in [-0.2, 0) is 11.3 Å². The molecule has 1 amide bonds. The number of allylic oxidation sites excluding steroid dienone is 1. The molecule has 6 heteroatoms. The third-order valence-electron chi connectivity index (χ3n) is 5.58. The maximum atomic E-state index is 12.4. The number of nitrogens with one attached hydrogen (secondary N) is 1. The monoisotopic (exact) mass is 376 g/mol. The molecule has 0 atom stereocenters. The molecule has 3 rings (SSSR count). The van der Waals surface area contributed by atoms with Gasteiger partial charge < -0.3 is 9.88 Å². The highest BCUT2D eigenvalue weighted by atomic mass is 32.2. The highest BCUT2D eigenvalue weighted by Crippen LogP contribution is 2.33. The Morgan fingerprint density at radius 3 is 2.42 bits per heavy atom. The Hall–Kier alpha value is -1.30. The Morgan fingerprint density at radius 1 is 1.08 bits per heavy atom. The second-order valence-electron chi connectivity index (χ2n) is 7.62. The van der Waals surface area contributed by atoms with Crippen molar-refractivity contribution in [2.24, 2.45) is 0 Å². The number of hydrogen-bond donors (Lipinski definition) is 1. The zero-order valence-corrected chi connectivity index (χ0v) is 16.6. The van der Waals surface area contributed by atoms with Crippen LogP contribution in [0.2, 0.25) is 0 Å². The third kappa shape index (κ3) is 5.35. The van der Waals surface area contributed by atoms with E-state index in [4.69, 9.17) is 0 Å². The predicted octanol–water partition coefficient (Wildman–Crippen LogP) is 4.44. The van der Waals surface area contributed by atoms with Gasteiger partial charge in [0.2, 0.25) is 5.91 Å². The van der Waals surface area contributed by atoms with Gasteiger partial charge >= 0.3 is 0 Å². The highest BCUT2D eigenvalue weighted by molar-refractivity contribution is 7.99. The summed E-state index contributed by atoms with van der Waals surface area (Å²) >= 11 is 1.50. The molecule has 0 bridgehead atoms. The summed E-state index contributed by atoms with van der Waals surface area (Å²) in [5, 5.41) is 12.9. The summed E-state index contributed by atoms with van der Waals surface area (Å²) in [6, 6.07) is 0.356. The summed E-state index contributed by atoms with van der Waals surface area (Å²) in [6.45, 7) is 4.59. The largest absolute Gasteiger partial charge is 0.353 e. The Labute approximate surface area is 161 Å². The molecule has 1 N–H and O–H groups in total. The molecule has 0 saturated heterocycles. The molecule has 0 radical (unpaired) electrons. The molecule has 2 saturated carbocycles. The molecular formula is C20H32N4OS. The quantitative estimate of drug-likeness (QED) is 0.434. The molecular weight excluding hydrogens is 344 g/mol. The van der Waals surface area contributed by atoms with E-state index in [0.29, 0.717) is 24.3 Å². The van der Waals surface area contributed by atoms with Gasteiger partial charge in [0.05, 0.1) is 5.75 Å². The standard InChI is InChI=1S/C20H32N4OS/c1-2-14-24-19(16-10-6-5-7-11-16)22-23-20(24)26-15-18(25)21-17-12-8-3-4-9-13-17/h2,16-17H,1,3-15H2,(H,21,25). The summed E-state index contributed by atoms with van der Waals surface area (Å²) in [7, 11) is 0. The van der Waals surface area contributed by atoms with Crippen LogP contribution in [-0.4, -0.2) is 32.5 Å². The molecule has 26 heavy (non-hydrogen) atoms. The normalized spacial score (nSPS) is 19.8.